The number of anilines is 2. The minimum absolute atomic E-state index is 0.136. The van der Waals surface area contributed by atoms with Crippen molar-refractivity contribution in [2.24, 2.45) is 11.8 Å². The molecule has 1 fully saturated rings. The molecule has 8 nitrogen and oxygen atoms in total. The number of amides is 2. The van der Waals surface area contributed by atoms with Gasteiger partial charge in [-0.15, -0.1) is 0 Å². The molecule has 1 aliphatic rings. The normalized spacial score (nSPS) is 18.5. The first-order valence-corrected chi connectivity index (χ1v) is 9.41. The molecule has 1 aromatic heterocycles. The number of hydrogen-bond acceptors (Lipinski definition) is 5. The van der Waals surface area contributed by atoms with Crippen molar-refractivity contribution in [1.29, 1.82) is 0 Å². The molecule has 0 unspecified atom stereocenters. The number of carbonyl (C=O) groups excluding carboxylic acids is 2. The van der Waals surface area contributed by atoms with Crippen molar-refractivity contribution in [2.45, 2.75) is 25.7 Å². The van der Waals surface area contributed by atoms with Gasteiger partial charge in [0.1, 0.15) is 5.75 Å². The van der Waals surface area contributed by atoms with Gasteiger partial charge < -0.3 is 20.5 Å². The molecule has 2 amide bonds. The smallest absolute Gasteiger partial charge is 0.306 e. The number of nitrogens with one attached hydrogen (secondary N) is 2. The predicted molar refractivity (Wildman–Crippen MR) is 107 cm³/mol. The van der Waals surface area contributed by atoms with Crippen LogP contribution in [0, 0.1) is 11.8 Å². The number of methoxy groups -OCH3 is 1. The number of aliphatic carboxylic acids is 1. The summed E-state index contributed by atoms with van der Waals surface area (Å²) in [6.07, 6.45) is 5.18. The monoisotopic (exact) mass is 397 g/mol. The second-order valence-corrected chi connectivity index (χ2v) is 6.99. The zero-order valence-electron chi connectivity index (χ0n) is 16.1. The topological polar surface area (TPSA) is 118 Å². The Bertz CT molecular complexity index is 892. The molecule has 1 heterocycles. The van der Waals surface area contributed by atoms with E-state index in [0.29, 0.717) is 48.4 Å². The first kappa shape index (κ1) is 20.3. The number of carbonyl (C=O) groups is 3. The Morgan fingerprint density at radius 1 is 1.07 bits per heavy atom. The number of carboxylic acid groups (broad SMARTS) is 1. The highest BCUT2D eigenvalue weighted by atomic mass is 16.5. The lowest BCUT2D eigenvalue weighted by atomic mass is 9.81. The van der Waals surface area contributed by atoms with Crippen molar-refractivity contribution < 1.29 is 24.2 Å². The molecule has 2 aromatic rings. The Kier molecular flexibility index (Phi) is 6.43. The minimum atomic E-state index is -0.794. The van der Waals surface area contributed by atoms with Crippen LogP contribution in [0.4, 0.5) is 11.4 Å². The standard InChI is InChI=1S/C21H23N3O5/c1-29-18-11-16(23-19(25)13-4-6-14(7-5-13)21(27)28)8-9-17(18)24-20(26)15-3-2-10-22-12-15/h2-3,8-14H,4-7H2,1H3,(H,23,25)(H,24,26)(H,27,28). The van der Waals surface area contributed by atoms with E-state index in [2.05, 4.69) is 15.6 Å². The van der Waals surface area contributed by atoms with Crippen molar-refractivity contribution in [1.82, 2.24) is 4.98 Å². The molecule has 0 saturated heterocycles. The summed E-state index contributed by atoms with van der Waals surface area (Å²) in [5.41, 5.74) is 1.44. The van der Waals surface area contributed by atoms with Crippen molar-refractivity contribution in [2.75, 3.05) is 17.7 Å². The number of hydrogen-bond donors (Lipinski definition) is 3. The van der Waals surface area contributed by atoms with Gasteiger partial charge in [-0.25, -0.2) is 0 Å². The number of aromatic nitrogens is 1. The van der Waals surface area contributed by atoms with Gasteiger partial charge >= 0.3 is 5.97 Å². The molecule has 29 heavy (non-hydrogen) atoms. The van der Waals surface area contributed by atoms with E-state index in [1.165, 1.54) is 13.3 Å². The summed E-state index contributed by atoms with van der Waals surface area (Å²) in [6.45, 7) is 0. The summed E-state index contributed by atoms with van der Waals surface area (Å²) in [5, 5.41) is 14.7. The van der Waals surface area contributed by atoms with E-state index in [1.54, 1.807) is 36.5 Å². The van der Waals surface area contributed by atoms with Gasteiger partial charge in [0.15, 0.2) is 0 Å². The van der Waals surface area contributed by atoms with E-state index >= 15 is 0 Å². The molecule has 8 heteroatoms. The first-order valence-electron chi connectivity index (χ1n) is 9.41. The maximum absolute atomic E-state index is 12.5. The van der Waals surface area contributed by atoms with Crippen LogP contribution in [0.1, 0.15) is 36.0 Å². The molecule has 3 N–H and O–H groups in total. The third-order valence-corrected chi connectivity index (χ3v) is 5.09. The third-order valence-electron chi connectivity index (χ3n) is 5.09. The van der Waals surface area contributed by atoms with Gasteiger partial charge in [-0.3, -0.25) is 19.4 Å². The molecule has 0 bridgehead atoms. The Labute approximate surface area is 168 Å². The van der Waals surface area contributed by atoms with Crippen molar-refractivity contribution in [3.05, 3.63) is 48.3 Å². The summed E-state index contributed by atoms with van der Waals surface area (Å²) in [7, 11) is 1.48. The van der Waals surface area contributed by atoms with Crippen LogP contribution in [-0.2, 0) is 9.59 Å². The summed E-state index contributed by atoms with van der Waals surface area (Å²) in [4.78, 5) is 39.8. The van der Waals surface area contributed by atoms with Gasteiger partial charge in [-0.2, -0.15) is 0 Å². The van der Waals surface area contributed by atoms with Crippen LogP contribution in [0.15, 0.2) is 42.7 Å². The molecule has 1 saturated carbocycles. The van der Waals surface area contributed by atoms with Crippen molar-refractivity contribution >= 4 is 29.2 Å². The largest absolute Gasteiger partial charge is 0.494 e. The Morgan fingerprint density at radius 2 is 1.79 bits per heavy atom. The average Bonchev–Trinajstić information content (AvgIpc) is 2.75. The van der Waals surface area contributed by atoms with E-state index in [1.807, 2.05) is 0 Å². The number of pyridine rings is 1. The number of benzene rings is 1. The lowest BCUT2D eigenvalue weighted by molar-refractivity contribution is -0.143. The molecule has 1 aliphatic carbocycles. The zero-order valence-corrected chi connectivity index (χ0v) is 16.1. The first-order chi connectivity index (χ1) is 14.0. The van der Waals surface area contributed by atoms with Gasteiger partial charge in [0.05, 0.1) is 24.3 Å². The Balaban J connectivity index is 1.63. The van der Waals surface area contributed by atoms with Crippen LogP contribution < -0.4 is 15.4 Å². The molecule has 0 aliphatic heterocycles. The Morgan fingerprint density at radius 3 is 2.41 bits per heavy atom. The molecule has 0 spiro atoms. The zero-order chi connectivity index (χ0) is 20.8. The van der Waals surface area contributed by atoms with E-state index in [4.69, 9.17) is 9.84 Å². The van der Waals surface area contributed by atoms with E-state index in [-0.39, 0.29) is 23.7 Å². The van der Waals surface area contributed by atoms with Crippen molar-refractivity contribution in [3.8, 4) is 5.75 Å². The van der Waals surface area contributed by atoms with E-state index < -0.39 is 5.97 Å². The predicted octanol–water partition coefficient (Wildman–Crippen LogP) is 3.17. The van der Waals surface area contributed by atoms with Gasteiger partial charge in [0, 0.05) is 30.1 Å². The number of nitrogens with zero attached hydrogens (tertiary/aromatic N) is 1. The second-order valence-electron chi connectivity index (χ2n) is 6.99. The van der Waals surface area contributed by atoms with Crippen molar-refractivity contribution in [3.63, 3.8) is 0 Å². The van der Waals surface area contributed by atoms with E-state index in [9.17, 15) is 14.4 Å². The average molecular weight is 397 g/mol. The lowest BCUT2D eigenvalue weighted by Gasteiger charge is -2.25. The van der Waals surface area contributed by atoms with Crippen LogP contribution in [0.2, 0.25) is 0 Å². The molecule has 3 rings (SSSR count). The molecular weight excluding hydrogens is 374 g/mol. The highest BCUT2D eigenvalue weighted by molar-refractivity contribution is 6.05. The number of carboxylic acids is 1. The summed E-state index contributed by atoms with van der Waals surface area (Å²) in [6, 6.07) is 8.31. The van der Waals surface area contributed by atoms with Gasteiger partial charge in [0.2, 0.25) is 5.91 Å². The third kappa shape index (κ3) is 5.10. The molecule has 0 atom stereocenters. The minimum Gasteiger partial charge on any atom is -0.494 e. The summed E-state index contributed by atoms with van der Waals surface area (Å²) < 4.78 is 5.34. The summed E-state index contributed by atoms with van der Waals surface area (Å²) >= 11 is 0. The fourth-order valence-electron chi connectivity index (χ4n) is 3.41. The molecule has 0 radical (unpaired) electrons. The lowest BCUT2D eigenvalue weighted by Crippen LogP contribution is -2.29. The van der Waals surface area contributed by atoms with E-state index in [0.717, 1.165) is 0 Å². The highest BCUT2D eigenvalue weighted by Crippen LogP contribution is 2.32. The van der Waals surface area contributed by atoms with Crippen LogP contribution in [0.3, 0.4) is 0 Å². The quantitative estimate of drug-likeness (QED) is 0.689. The van der Waals surface area contributed by atoms with Crippen LogP contribution in [-0.4, -0.2) is 35.0 Å². The Hall–Kier alpha value is -3.42. The molecule has 152 valence electrons. The maximum Gasteiger partial charge on any atom is 0.306 e. The van der Waals surface area contributed by atoms with Crippen LogP contribution >= 0.6 is 0 Å². The van der Waals surface area contributed by atoms with Crippen LogP contribution in [0.5, 0.6) is 5.75 Å². The number of ether oxygens (including phenoxy) is 1. The highest BCUT2D eigenvalue weighted by Gasteiger charge is 2.29. The van der Waals surface area contributed by atoms with Gasteiger partial charge in [-0.1, -0.05) is 0 Å². The fraction of sp³-hybridized carbons (Fsp3) is 0.333. The second kappa shape index (κ2) is 9.18. The molecular formula is C21H23N3O5. The van der Waals surface area contributed by atoms with Gasteiger partial charge in [0.25, 0.3) is 5.91 Å². The SMILES string of the molecule is COc1cc(NC(=O)C2CCC(C(=O)O)CC2)ccc1NC(=O)c1cccnc1. The molecule has 1 aromatic carbocycles. The number of rotatable bonds is 6. The van der Waals surface area contributed by atoms with Crippen LogP contribution in [0.25, 0.3) is 0 Å². The summed E-state index contributed by atoms with van der Waals surface area (Å²) in [5.74, 6) is -1.40. The van der Waals surface area contributed by atoms with Gasteiger partial charge in [-0.05, 0) is 49.9 Å². The maximum atomic E-state index is 12.5. The fourth-order valence-corrected chi connectivity index (χ4v) is 3.41.